The molecule has 84 valence electrons. The van der Waals surface area contributed by atoms with E-state index in [1.165, 1.54) is 11.1 Å². The van der Waals surface area contributed by atoms with E-state index >= 15 is 0 Å². The number of halogens is 1. The molecular weight excluding hydrogens is 191 g/mol. The second-order valence-corrected chi connectivity index (χ2v) is 3.73. The third-order valence-corrected chi connectivity index (χ3v) is 2.37. The fourth-order valence-corrected chi connectivity index (χ4v) is 1.52. The normalized spacial score (nSPS) is 10.3. The van der Waals surface area contributed by atoms with Crippen molar-refractivity contribution in [1.29, 1.82) is 0 Å². The van der Waals surface area contributed by atoms with Crippen LogP contribution in [-0.4, -0.2) is 13.3 Å². The molecule has 0 N–H and O–H groups in total. The molecule has 0 aliphatic carbocycles. The smallest absolute Gasteiger partial charge is 0.119 e. The summed E-state index contributed by atoms with van der Waals surface area (Å²) >= 11 is 0. The summed E-state index contributed by atoms with van der Waals surface area (Å²) in [5.74, 6) is 0.915. The Hall–Kier alpha value is -1.05. The Labute approximate surface area is 91.3 Å². The predicted molar refractivity (Wildman–Crippen MR) is 61.3 cm³/mol. The Bertz CT molecular complexity index is 297. The second-order valence-electron chi connectivity index (χ2n) is 3.73. The van der Waals surface area contributed by atoms with Gasteiger partial charge >= 0.3 is 0 Å². The maximum Gasteiger partial charge on any atom is 0.119 e. The maximum absolute atomic E-state index is 12.0. The summed E-state index contributed by atoms with van der Waals surface area (Å²) in [4.78, 5) is 0. The van der Waals surface area contributed by atoms with Crippen molar-refractivity contribution in [2.45, 2.75) is 33.1 Å². The highest BCUT2D eigenvalue weighted by Gasteiger charge is 2.00. The van der Waals surface area contributed by atoms with Gasteiger partial charge in [0, 0.05) is 0 Å². The number of ether oxygens (including phenoxy) is 1. The Kier molecular flexibility index (Phi) is 5.16. The molecule has 0 fully saturated rings. The van der Waals surface area contributed by atoms with Crippen molar-refractivity contribution in [3.05, 3.63) is 29.3 Å². The third-order valence-electron chi connectivity index (χ3n) is 2.37. The summed E-state index contributed by atoms with van der Waals surface area (Å²) in [6.45, 7) is 4.64. The molecule has 0 bridgehead atoms. The van der Waals surface area contributed by atoms with Crippen LogP contribution in [0.25, 0.3) is 0 Å². The number of hydrogen-bond acceptors (Lipinski definition) is 1. The average Bonchev–Trinajstić information content (AvgIpc) is 2.25. The first kappa shape index (κ1) is 12.0. The molecule has 0 saturated heterocycles. The van der Waals surface area contributed by atoms with E-state index in [2.05, 4.69) is 6.92 Å². The highest BCUT2D eigenvalue weighted by Crippen LogP contribution is 2.18. The Balaban J connectivity index is 2.61. The lowest BCUT2D eigenvalue weighted by Crippen LogP contribution is -1.97. The van der Waals surface area contributed by atoms with Crippen molar-refractivity contribution in [2.75, 3.05) is 13.3 Å². The summed E-state index contributed by atoms with van der Waals surface area (Å²) in [6.07, 6.45) is 2.44. The van der Waals surface area contributed by atoms with Crippen LogP contribution in [0.5, 0.6) is 5.75 Å². The van der Waals surface area contributed by atoms with Crippen LogP contribution in [-0.2, 0) is 6.42 Å². The fourth-order valence-electron chi connectivity index (χ4n) is 1.52. The third kappa shape index (κ3) is 3.90. The van der Waals surface area contributed by atoms with Gasteiger partial charge in [0.05, 0.1) is 13.3 Å². The van der Waals surface area contributed by atoms with E-state index < -0.39 is 0 Å². The Morgan fingerprint density at radius 1 is 1.33 bits per heavy atom. The van der Waals surface area contributed by atoms with E-state index in [0.717, 1.165) is 25.2 Å². The van der Waals surface area contributed by atoms with Gasteiger partial charge < -0.3 is 4.74 Å². The van der Waals surface area contributed by atoms with Crippen LogP contribution in [0.1, 0.15) is 30.9 Å². The van der Waals surface area contributed by atoms with Crippen molar-refractivity contribution in [1.82, 2.24) is 0 Å². The molecule has 0 unspecified atom stereocenters. The average molecular weight is 210 g/mol. The van der Waals surface area contributed by atoms with Crippen molar-refractivity contribution in [3.63, 3.8) is 0 Å². The molecule has 1 aromatic carbocycles. The quantitative estimate of drug-likeness (QED) is 0.696. The molecule has 15 heavy (non-hydrogen) atoms. The molecule has 0 aliphatic heterocycles. The second kappa shape index (κ2) is 6.44. The first-order valence-corrected chi connectivity index (χ1v) is 5.56. The van der Waals surface area contributed by atoms with E-state index in [4.69, 9.17) is 4.74 Å². The van der Waals surface area contributed by atoms with Gasteiger partial charge in [-0.25, -0.2) is 0 Å². The summed E-state index contributed by atoms with van der Waals surface area (Å²) < 4.78 is 17.6. The number of rotatable bonds is 6. The minimum atomic E-state index is -0.243. The number of benzene rings is 1. The first-order valence-electron chi connectivity index (χ1n) is 5.56. The number of hydrogen-bond donors (Lipinski definition) is 0. The minimum Gasteiger partial charge on any atom is -0.494 e. The van der Waals surface area contributed by atoms with Gasteiger partial charge in [-0.15, -0.1) is 0 Å². The molecule has 1 aromatic rings. The van der Waals surface area contributed by atoms with Gasteiger partial charge in [0.1, 0.15) is 5.75 Å². The van der Waals surface area contributed by atoms with E-state index in [1.807, 2.05) is 25.1 Å². The van der Waals surface area contributed by atoms with Crippen LogP contribution in [0.3, 0.4) is 0 Å². The predicted octanol–water partition coefficient (Wildman–Crippen LogP) is 3.69. The standard InChI is InChI=1S/C13H19FO/c1-3-9-15-13-7-6-12(5-4-8-14)11(2)10-13/h6-7,10H,3-5,8-9H2,1-2H3. The van der Waals surface area contributed by atoms with Gasteiger partial charge in [-0.2, -0.15) is 0 Å². The fraction of sp³-hybridized carbons (Fsp3) is 0.538. The molecule has 0 atom stereocenters. The van der Waals surface area contributed by atoms with Crippen LogP contribution in [0.2, 0.25) is 0 Å². The SMILES string of the molecule is CCCOc1ccc(CCCF)c(C)c1. The van der Waals surface area contributed by atoms with Crippen molar-refractivity contribution < 1.29 is 9.13 Å². The van der Waals surface area contributed by atoms with Gasteiger partial charge in [0.2, 0.25) is 0 Å². The molecule has 0 aliphatic rings. The zero-order chi connectivity index (χ0) is 11.1. The van der Waals surface area contributed by atoms with Crippen LogP contribution < -0.4 is 4.74 Å². The minimum absolute atomic E-state index is 0.243. The van der Waals surface area contributed by atoms with Crippen LogP contribution >= 0.6 is 0 Å². The molecule has 1 nitrogen and oxygen atoms in total. The van der Waals surface area contributed by atoms with Crippen LogP contribution in [0.4, 0.5) is 4.39 Å². The molecule has 0 heterocycles. The summed E-state index contributed by atoms with van der Waals surface area (Å²) in [5.41, 5.74) is 2.41. The van der Waals surface area contributed by atoms with Gasteiger partial charge in [0.15, 0.2) is 0 Å². The lowest BCUT2D eigenvalue weighted by molar-refractivity contribution is 0.317. The largest absolute Gasteiger partial charge is 0.494 e. The van der Waals surface area contributed by atoms with Crippen molar-refractivity contribution in [3.8, 4) is 5.75 Å². The number of alkyl halides is 1. The van der Waals surface area contributed by atoms with Gasteiger partial charge in [-0.1, -0.05) is 13.0 Å². The molecule has 0 saturated carbocycles. The van der Waals surface area contributed by atoms with Crippen molar-refractivity contribution in [2.24, 2.45) is 0 Å². The molecule has 0 aromatic heterocycles. The van der Waals surface area contributed by atoms with E-state index in [9.17, 15) is 4.39 Å². The van der Waals surface area contributed by atoms with Gasteiger partial charge in [-0.3, -0.25) is 4.39 Å². The molecule has 2 heteroatoms. The van der Waals surface area contributed by atoms with Gasteiger partial charge in [-0.05, 0) is 49.4 Å². The Morgan fingerprint density at radius 2 is 2.13 bits per heavy atom. The lowest BCUT2D eigenvalue weighted by atomic mass is 10.0. The molecule has 1 rings (SSSR count). The molecule has 0 spiro atoms. The van der Waals surface area contributed by atoms with E-state index in [0.29, 0.717) is 6.42 Å². The monoisotopic (exact) mass is 210 g/mol. The molecular formula is C13H19FO. The zero-order valence-electron chi connectivity index (χ0n) is 9.55. The highest BCUT2D eigenvalue weighted by atomic mass is 19.1. The number of aryl methyl sites for hydroxylation is 2. The van der Waals surface area contributed by atoms with E-state index in [-0.39, 0.29) is 6.67 Å². The molecule has 0 amide bonds. The summed E-state index contributed by atoms with van der Waals surface area (Å²) in [6, 6.07) is 6.04. The molecule has 0 radical (unpaired) electrons. The summed E-state index contributed by atoms with van der Waals surface area (Å²) in [5, 5.41) is 0. The zero-order valence-corrected chi connectivity index (χ0v) is 9.55. The topological polar surface area (TPSA) is 9.23 Å². The Morgan fingerprint density at radius 3 is 2.73 bits per heavy atom. The lowest BCUT2D eigenvalue weighted by Gasteiger charge is -2.09. The van der Waals surface area contributed by atoms with Crippen LogP contribution in [0, 0.1) is 6.92 Å². The highest BCUT2D eigenvalue weighted by molar-refractivity contribution is 5.34. The van der Waals surface area contributed by atoms with Crippen LogP contribution in [0.15, 0.2) is 18.2 Å². The summed E-state index contributed by atoms with van der Waals surface area (Å²) in [7, 11) is 0. The van der Waals surface area contributed by atoms with Crippen molar-refractivity contribution >= 4 is 0 Å². The maximum atomic E-state index is 12.0. The van der Waals surface area contributed by atoms with Gasteiger partial charge in [0.25, 0.3) is 0 Å². The first-order chi connectivity index (χ1) is 7.27. The van der Waals surface area contributed by atoms with E-state index in [1.54, 1.807) is 0 Å².